The lowest BCUT2D eigenvalue weighted by atomic mass is 10.1. The molecule has 102 valence electrons. The molecule has 0 heterocycles. The predicted octanol–water partition coefficient (Wildman–Crippen LogP) is 3.00. The van der Waals surface area contributed by atoms with Gasteiger partial charge in [0.15, 0.2) is 0 Å². The standard InChI is InChI=1S/C8H10ClF6NO/c1-5(2,3)16-4(17)6(10,11)7(12,13)8(9,14)15/h1-3H3,(H,16,17). The fourth-order valence-corrected chi connectivity index (χ4v) is 0.858. The first kappa shape index (κ1) is 16.3. The van der Waals surface area contributed by atoms with E-state index in [1.54, 1.807) is 0 Å². The molecule has 9 heteroatoms. The summed E-state index contributed by atoms with van der Waals surface area (Å²) in [6.07, 6.45) is 0. The number of rotatable bonds is 3. The van der Waals surface area contributed by atoms with Crippen molar-refractivity contribution in [3.8, 4) is 0 Å². The average molecular weight is 286 g/mol. The van der Waals surface area contributed by atoms with Gasteiger partial charge in [0.1, 0.15) is 0 Å². The molecule has 0 aromatic heterocycles. The number of nitrogens with one attached hydrogen (secondary N) is 1. The number of hydrogen-bond donors (Lipinski definition) is 1. The van der Waals surface area contributed by atoms with E-state index >= 15 is 0 Å². The van der Waals surface area contributed by atoms with Gasteiger partial charge in [-0.2, -0.15) is 26.3 Å². The largest absolute Gasteiger partial charge is 0.395 e. The van der Waals surface area contributed by atoms with Gasteiger partial charge >= 0.3 is 17.2 Å². The Bertz CT molecular complexity index is 306. The summed E-state index contributed by atoms with van der Waals surface area (Å²) in [5.74, 6) is -14.1. The van der Waals surface area contributed by atoms with Crippen molar-refractivity contribution in [3.63, 3.8) is 0 Å². The molecule has 0 aromatic rings. The summed E-state index contributed by atoms with van der Waals surface area (Å²) >= 11 is 3.88. The molecule has 0 radical (unpaired) electrons. The van der Waals surface area contributed by atoms with Crippen molar-refractivity contribution in [1.29, 1.82) is 0 Å². The van der Waals surface area contributed by atoms with Gasteiger partial charge in [-0.25, -0.2) is 0 Å². The van der Waals surface area contributed by atoms with Gasteiger partial charge in [-0.1, -0.05) is 0 Å². The van der Waals surface area contributed by atoms with Crippen LogP contribution in [-0.4, -0.2) is 28.7 Å². The third-order valence-corrected chi connectivity index (χ3v) is 1.76. The van der Waals surface area contributed by atoms with Crippen molar-refractivity contribution in [3.05, 3.63) is 0 Å². The maximum absolute atomic E-state index is 12.9. The number of carbonyl (C=O) groups excluding carboxylic acids is 1. The first-order chi connectivity index (χ1) is 7.13. The van der Waals surface area contributed by atoms with E-state index in [0.29, 0.717) is 0 Å². The summed E-state index contributed by atoms with van der Waals surface area (Å²) in [5.41, 5.74) is -1.28. The van der Waals surface area contributed by atoms with Gasteiger partial charge in [-0.05, 0) is 32.4 Å². The zero-order valence-electron chi connectivity index (χ0n) is 9.05. The number of hydrogen-bond acceptors (Lipinski definition) is 1. The molecular formula is C8H10ClF6NO. The summed E-state index contributed by atoms with van der Waals surface area (Å²) in [6.45, 7) is 3.66. The Morgan fingerprint density at radius 1 is 1.00 bits per heavy atom. The van der Waals surface area contributed by atoms with Gasteiger partial charge in [0.25, 0.3) is 5.91 Å². The minimum atomic E-state index is -5.99. The molecule has 0 spiro atoms. The van der Waals surface area contributed by atoms with E-state index in [2.05, 4.69) is 11.6 Å². The first-order valence-corrected chi connectivity index (χ1v) is 4.65. The highest BCUT2D eigenvalue weighted by Gasteiger charge is 2.74. The van der Waals surface area contributed by atoms with Gasteiger partial charge in [-0.3, -0.25) is 4.79 Å². The predicted molar refractivity (Wildman–Crippen MR) is 48.6 cm³/mol. The van der Waals surface area contributed by atoms with Gasteiger partial charge in [0, 0.05) is 5.54 Å². The van der Waals surface area contributed by atoms with Crippen molar-refractivity contribution in [1.82, 2.24) is 5.32 Å². The van der Waals surface area contributed by atoms with Crippen LogP contribution in [0.25, 0.3) is 0 Å². The molecule has 0 aromatic carbocycles. The van der Waals surface area contributed by atoms with E-state index in [0.717, 1.165) is 0 Å². The number of amides is 1. The highest BCUT2D eigenvalue weighted by Crippen LogP contribution is 2.48. The summed E-state index contributed by atoms with van der Waals surface area (Å²) in [4.78, 5) is 10.8. The van der Waals surface area contributed by atoms with Crippen molar-refractivity contribution < 1.29 is 31.1 Å². The summed E-state index contributed by atoms with van der Waals surface area (Å²) in [6, 6.07) is 0. The Labute approximate surface area is 98.3 Å². The molecule has 0 aliphatic heterocycles. The fourth-order valence-electron chi connectivity index (χ4n) is 0.740. The zero-order chi connectivity index (χ0) is 14.3. The van der Waals surface area contributed by atoms with Crippen LogP contribution >= 0.6 is 11.6 Å². The van der Waals surface area contributed by atoms with Gasteiger partial charge in [-0.15, -0.1) is 0 Å². The highest BCUT2D eigenvalue weighted by atomic mass is 35.5. The lowest BCUT2D eigenvalue weighted by molar-refractivity contribution is -0.269. The molecule has 0 saturated heterocycles. The molecule has 2 nitrogen and oxygen atoms in total. The van der Waals surface area contributed by atoms with Crippen LogP contribution < -0.4 is 5.32 Å². The zero-order valence-corrected chi connectivity index (χ0v) is 9.81. The van der Waals surface area contributed by atoms with Crippen LogP contribution in [0.15, 0.2) is 0 Å². The summed E-state index contributed by atoms with van der Waals surface area (Å²) in [5, 5.41) is -4.06. The Hall–Kier alpha value is -0.660. The molecule has 0 aliphatic carbocycles. The molecule has 0 aliphatic rings. The quantitative estimate of drug-likeness (QED) is 0.627. The summed E-state index contributed by atoms with van der Waals surface area (Å²) in [7, 11) is 0. The maximum Gasteiger partial charge on any atom is 0.395 e. The minimum absolute atomic E-state index is 1.22. The van der Waals surface area contributed by atoms with E-state index in [4.69, 9.17) is 0 Å². The third-order valence-electron chi connectivity index (χ3n) is 1.52. The Balaban J connectivity index is 5.22. The third kappa shape index (κ3) is 3.40. The molecule has 0 bridgehead atoms. The highest BCUT2D eigenvalue weighted by molar-refractivity contribution is 6.22. The Kier molecular flexibility index (Phi) is 4.06. The van der Waals surface area contributed by atoms with Crippen LogP contribution in [0.4, 0.5) is 26.3 Å². The van der Waals surface area contributed by atoms with Gasteiger partial charge in [0.05, 0.1) is 0 Å². The topological polar surface area (TPSA) is 29.1 Å². The molecule has 0 atom stereocenters. The molecule has 17 heavy (non-hydrogen) atoms. The monoisotopic (exact) mass is 285 g/mol. The lowest BCUT2D eigenvalue weighted by Crippen LogP contribution is -2.61. The second kappa shape index (κ2) is 4.22. The normalized spacial score (nSPS) is 14.7. The Morgan fingerprint density at radius 3 is 1.59 bits per heavy atom. The van der Waals surface area contributed by atoms with Gasteiger partial charge < -0.3 is 5.32 Å². The molecule has 0 unspecified atom stereocenters. The van der Waals surface area contributed by atoms with Crippen molar-refractivity contribution in [2.75, 3.05) is 0 Å². The van der Waals surface area contributed by atoms with Crippen molar-refractivity contribution >= 4 is 17.5 Å². The summed E-state index contributed by atoms with van der Waals surface area (Å²) < 4.78 is 75.4. The fraction of sp³-hybridized carbons (Fsp3) is 0.875. The number of carbonyl (C=O) groups is 1. The maximum atomic E-state index is 12.9. The van der Waals surface area contributed by atoms with E-state index in [9.17, 15) is 31.1 Å². The van der Waals surface area contributed by atoms with E-state index in [1.807, 2.05) is 0 Å². The van der Waals surface area contributed by atoms with Crippen LogP contribution in [0.1, 0.15) is 20.8 Å². The molecule has 0 saturated carbocycles. The van der Waals surface area contributed by atoms with Crippen molar-refractivity contribution in [2.45, 2.75) is 43.5 Å². The van der Waals surface area contributed by atoms with Crippen LogP contribution in [0.2, 0.25) is 0 Å². The SMILES string of the molecule is CC(C)(C)NC(=O)C(F)(F)C(F)(F)C(F)(F)Cl. The number of alkyl halides is 7. The minimum Gasteiger partial charge on any atom is -0.346 e. The first-order valence-electron chi connectivity index (χ1n) is 4.28. The second-order valence-corrected chi connectivity index (χ2v) is 4.83. The van der Waals surface area contributed by atoms with Crippen LogP contribution in [0.3, 0.4) is 0 Å². The van der Waals surface area contributed by atoms with E-state index in [1.165, 1.54) is 26.1 Å². The van der Waals surface area contributed by atoms with E-state index < -0.39 is 28.7 Å². The molecule has 0 rings (SSSR count). The van der Waals surface area contributed by atoms with Crippen LogP contribution in [0, 0.1) is 0 Å². The van der Waals surface area contributed by atoms with Crippen LogP contribution in [-0.2, 0) is 4.79 Å². The molecular weight excluding hydrogens is 276 g/mol. The van der Waals surface area contributed by atoms with E-state index in [-0.39, 0.29) is 0 Å². The number of halogens is 7. The lowest BCUT2D eigenvalue weighted by Gasteiger charge is -2.30. The Morgan fingerprint density at radius 2 is 1.35 bits per heavy atom. The molecule has 0 fully saturated rings. The van der Waals surface area contributed by atoms with Crippen molar-refractivity contribution in [2.24, 2.45) is 0 Å². The molecule has 1 N–H and O–H groups in total. The molecule has 1 amide bonds. The van der Waals surface area contributed by atoms with Gasteiger partial charge in [0.2, 0.25) is 0 Å². The van der Waals surface area contributed by atoms with Crippen LogP contribution in [0.5, 0.6) is 0 Å². The second-order valence-electron chi connectivity index (χ2n) is 4.35. The smallest absolute Gasteiger partial charge is 0.346 e. The average Bonchev–Trinajstić information content (AvgIpc) is 1.97.